The standard InChI is InChI=1S/C9H7BrFNO2/c10-6-3-1-2-5(8(6)11)4-7(12)9(13)14/h1-4H,12H2,(H,13,14)/b7-4+. The lowest BCUT2D eigenvalue weighted by Gasteiger charge is -1.99. The summed E-state index contributed by atoms with van der Waals surface area (Å²) in [5, 5.41) is 8.48. The van der Waals surface area contributed by atoms with E-state index < -0.39 is 17.5 Å². The minimum Gasteiger partial charge on any atom is -0.477 e. The number of benzene rings is 1. The first-order valence-electron chi connectivity index (χ1n) is 3.67. The van der Waals surface area contributed by atoms with Crippen LogP contribution in [0.4, 0.5) is 4.39 Å². The van der Waals surface area contributed by atoms with E-state index >= 15 is 0 Å². The van der Waals surface area contributed by atoms with Gasteiger partial charge in [-0.2, -0.15) is 0 Å². The molecule has 0 aromatic heterocycles. The van der Waals surface area contributed by atoms with Gasteiger partial charge < -0.3 is 10.8 Å². The third-order valence-corrected chi connectivity index (χ3v) is 2.15. The number of halogens is 2. The Morgan fingerprint density at radius 2 is 2.21 bits per heavy atom. The van der Waals surface area contributed by atoms with Crippen LogP contribution >= 0.6 is 15.9 Å². The highest BCUT2D eigenvalue weighted by Crippen LogP contribution is 2.19. The van der Waals surface area contributed by atoms with Gasteiger partial charge in [-0.3, -0.25) is 0 Å². The van der Waals surface area contributed by atoms with Gasteiger partial charge in [0.2, 0.25) is 0 Å². The molecule has 0 bridgehead atoms. The van der Waals surface area contributed by atoms with Gasteiger partial charge >= 0.3 is 5.97 Å². The molecule has 0 atom stereocenters. The van der Waals surface area contributed by atoms with Crippen molar-refractivity contribution in [1.29, 1.82) is 0 Å². The molecule has 0 unspecified atom stereocenters. The van der Waals surface area contributed by atoms with Crippen LogP contribution in [-0.2, 0) is 4.79 Å². The highest BCUT2D eigenvalue weighted by Gasteiger charge is 2.06. The number of carboxylic acids is 1. The second-order valence-electron chi connectivity index (χ2n) is 2.55. The largest absolute Gasteiger partial charge is 0.477 e. The maximum atomic E-state index is 13.3. The molecule has 3 N–H and O–H groups in total. The Morgan fingerprint density at radius 1 is 1.57 bits per heavy atom. The fourth-order valence-electron chi connectivity index (χ4n) is 0.861. The first-order chi connectivity index (χ1) is 6.52. The lowest BCUT2D eigenvalue weighted by molar-refractivity contribution is -0.132. The molecular formula is C9H7BrFNO2. The van der Waals surface area contributed by atoms with Crippen molar-refractivity contribution < 1.29 is 14.3 Å². The van der Waals surface area contributed by atoms with Gasteiger partial charge in [0.05, 0.1) is 4.47 Å². The Balaban J connectivity index is 3.15. The SMILES string of the molecule is N/C(=C/c1cccc(Br)c1F)C(=O)O. The van der Waals surface area contributed by atoms with Crippen molar-refractivity contribution in [2.45, 2.75) is 0 Å². The molecule has 0 spiro atoms. The highest BCUT2D eigenvalue weighted by molar-refractivity contribution is 9.10. The molecule has 0 saturated carbocycles. The number of carboxylic acid groups (broad SMARTS) is 1. The van der Waals surface area contributed by atoms with E-state index in [9.17, 15) is 9.18 Å². The first-order valence-corrected chi connectivity index (χ1v) is 4.46. The van der Waals surface area contributed by atoms with Gasteiger partial charge in [0, 0.05) is 5.56 Å². The van der Waals surface area contributed by atoms with Crippen LogP contribution in [0.5, 0.6) is 0 Å². The predicted molar refractivity (Wildman–Crippen MR) is 53.9 cm³/mol. The summed E-state index contributed by atoms with van der Waals surface area (Å²) >= 11 is 2.98. The van der Waals surface area contributed by atoms with Crippen LogP contribution < -0.4 is 5.73 Å². The zero-order chi connectivity index (χ0) is 10.7. The minimum atomic E-state index is -1.27. The van der Waals surface area contributed by atoms with Crippen molar-refractivity contribution in [2.75, 3.05) is 0 Å². The quantitative estimate of drug-likeness (QED) is 0.799. The third-order valence-electron chi connectivity index (χ3n) is 1.54. The Bertz CT molecular complexity index is 404. The monoisotopic (exact) mass is 259 g/mol. The molecule has 0 fully saturated rings. The lowest BCUT2D eigenvalue weighted by Crippen LogP contribution is -2.09. The molecule has 0 aliphatic carbocycles. The van der Waals surface area contributed by atoms with Crippen molar-refractivity contribution in [3.63, 3.8) is 0 Å². The van der Waals surface area contributed by atoms with Gasteiger partial charge in [-0.15, -0.1) is 0 Å². The van der Waals surface area contributed by atoms with Crippen LogP contribution in [0.1, 0.15) is 5.56 Å². The van der Waals surface area contributed by atoms with Crippen LogP contribution in [0.25, 0.3) is 6.08 Å². The van der Waals surface area contributed by atoms with Gasteiger partial charge in [-0.1, -0.05) is 12.1 Å². The molecule has 1 rings (SSSR count). The Kier molecular flexibility index (Phi) is 3.24. The van der Waals surface area contributed by atoms with Crippen molar-refractivity contribution in [3.05, 3.63) is 39.7 Å². The van der Waals surface area contributed by atoms with E-state index in [0.717, 1.165) is 6.08 Å². The van der Waals surface area contributed by atoms with E-state index in [2.05, 4.69) is 15.9 Å². The van der Waals surface area contributed by atoms with Crippen molar-refractivity contribution in [2.24, 2.45) is 5.73 Å². The van der Waals surface area contributed by atoms with Crippen LogP contribution in [0.2, 0.25) is 0 Å². The number of carbonyl (C=O) groups is 1. The zero-order valence-corrected chi connectivity index (χ0v) is 8.58. The molecular weight excluding hydrogens is 253 g/mol. The normalized spacial score (nSPS) is 11.4. The van der Waals surface area contributed by atoms with E-state index in [-0.39, 0.29) is 10.0 Å². The number of rotatable bonds is 2. The average molecular weight is 260 g/mol. The molecule has 0 saturated heterocycles. The molecule has 1 aromatic carbocycles. The molecule has 0 radical (unpaired) electrons. The summed E-state index contributed by atoms with van der Waals surface area (Å²) in [5.74, 6) is -1.80. The molecule has 5 heteroatoms. The van der Waals surface area contributed by atoms with E-state index in [0.29, 0.717) is 0 Å². The van der Waals surface area contributed by atoms with Gasteiger partial charge in [0.25, 0.3) is 0 Å². The molecule has 0 amide bonds. The second-order valence-corrected chi connectivity index (χ2v) is 3.40. The van der Waals surface area contributed by atoms with E-state index in [1.165, 1.54) is 12.1 Å². The van der Waals surface area contributed by atoms with Crippen LogP contribution in [0.3, 0.4) is 0 Å². The third kappa shape index (κ3) is 2.32. The lowest BCUT2D eigenvalue weighted by atomic mass is 10.2. The molecule has 14 heavy (non-hydrogen) atoms. The summed E-state index contributed by atoms with van der Waals surface area (Å²) in [6.07, 6.45) is 1.07. The maximum Gasteiger partial charge on any atom is 0.351 e. The second kappa shape index (κ2) is 4.23. The van der Waals surface area contributed by atoms with Crippen molar-refractivity contribution in [1.82, 2.24) is 0 Å². The number of nitrogens with two attached hydrogens (primary N) is 1. The first kappa shape index (κ1) is 10.7. The smallest absolute Gasteiger partial charge is 0.351 e. The number of hydrogen-bond donors (Lipinski definition) is 2. The molecule has 0 heterocycles. The van der Waals surface area contributed by atoms with E-state index in [1.54, 1.807) is 6.07 Å². The summed E-state index contributed by atoms with van der Waals surface area (Å²) in [6, 6.07) is 4.55. The number of hydrogen-bond acceptors (Lipinski definition) is 2. The van der Waals surface area contributed by atoms with E-state index in [4.69, 9.17) is 10.8 Å². The van der Waals surface area contributed by atoms with Gasteiger partial charge in [-0.05, 0) is 28.1 Å². The Morgan fingerprint density at radius 3 is 2.79 bits per heavy atom. The molecule has 0 aliphatic heterocycles. The van der Waals surface area contributed by atoms with Crippen LogP contribution in [-0.4, -0.2) is 11.1 Å². The molecule has 1 aromatic rings. The molecule has 74 valence electrons. The van der Waals surface area contributed by atoms with Gasteiger partial charge in [0.1, 0.15) is 11.5 Å². The topological polar surface area (TPSA) is 63.3 Å². The van der Waals surface area contributed by atoms with E-state index in [1.807, 2.05) is 0 Å². The summed E-state index contributed by atoms with van der Waals surface area (Å²) < 4.78 is 13.6. The number of aliphatic carboxylic acids is 1. The fraction of sp³-hybridized carbons (Fsp3) is 0. The maximum absolute atomic E-state index is 13.3. The van der Waals surface area contributed by atoms with Gasteiger partial charge in [0.15, 0.2) is 0 Å². The summed E-state index contributed by atoms with van der Waals surface area (Å²) in [5.41, 5.74) is 4.88. The summed E-state index contributed by atoms with van der Waals surface area (Å²) in [6.45, 7) is 0. The van der Waals surface area contributed by atoms with Crippen LogP contribution in [0.15, 0.2) is 28.4 Å². The summed E-state index contributed by atoms with van der Waals surface area (Å²) in [7, 11) is 0. The van der Waals surface area contributed by atoms with Crippen LogP contribution in [0, 0.1) is 5.82 Å². The minimum absolute atomic E-state index is 0.138. The Labute approximate surface area is 88.2 Å². The van der Waals surface area contributed by atoms with Gasteiger partial charge in [-0.25, -0.2) is 9.18 Å². The zero-order valence-electron chi connectivity index (χ0n) is 7.00. The predicted octanol–water partition coefficient (Wildman–Crippen LogP) is 1.97. The Hall–Kier alpha value is -1.36. The highest BCUT2D eigenvalue weighted by atomic mass is 79.9. The molecule has 0 aliphatic rings. The van der Waals surface area contributed by atoms with Crippen molar-refractivity contribution >= 4 is 28.0 Å². The summed E-state index contributed by atoms with van der Waals surface area (Å²) in [4.78, 5) is 10.4. The average Bonchev–Trinajstić information content (AvgIpc) is 2.12. The fourth-order valence-corrected chi connectivity index (χ4v) is 1.24. The molecule has 3 nitrogen and oxygen atoms in total. The van der Waals surface area contributed by atoms with Crippen molar-refractivity contribution in [3.8, 4) is 0 Å².